The van der Waals surface area contributed by atoms with E-state index in [-0.39, 0.29) is 41.5 Å². The first-order chi connectivity index (χ1) is 15.5. The smallest absolute Gasteiger partial charge is 0.382 e. The van der Waals surface area contributed by atoms with Crippen molar-refractivity contribution >= 4 is 34.1 Å². The summed E-state index contributed by atoms with van der Waals surface area (Å²) in [5.74, 6) is -0.0109. The van der Waals surface area contributed by atoms with Gasteiger partial charge in [0, 0.05) is 37.8 Å². The van der Waals surface area contributed by atoms with Gasteiger partial charge in [-0.2, -0.15) is 18.2 Å². The number of rotatable bonds is 4. The number of Topliss-reactive ketones (excluding diaryl/α,β-unsaturated/α-hetero) is 1. The van der Waals surface area contributed by atoms with Gasteiger partial charge in [0.15, 0.2) is 5.78 Å². The predicted molar refractivity (Wildman–Crippen MR) is 117 cm³/mol. The Labute approximate surface area is 186 Å². The molecule has 0 spiro atoms. The van der Waals surface area contributed by atoms with E-state index in [1.165, 1.54) is 19.2 Å². The number of anilines is 3. The number of hydrogen-bond acceptors (Lipinski definition) is 7. The van der Waals surface area contributed by atoms with Gasteiger partial charge in [0.05, 0.1) is 11.1 Å². The summed E-state index contributed by atoms with van der Waals surface area (Å²) >= 11 is 0. The van der Waals surface area contributed by atoms with Crippen LogP contribution < -0.4 is 15.8 Å². The molecule has 0 unspecified atom stereocenters. The number of aliphatic hydroxyl groups is 1. The Bertz CT molecular complexity index is 1280. The highest BCUT2D eigenvalue weighted by atomic mass is 19.4. The van der Waals surface area contributed by atoms with Gasteiger partial charge >= 0.3 is 6.18 Å². The summed E-state index contributed by atoms with van der Waals surface area (Å²) in [6, 6.07) is 5.07. The quantitative estimate of drug-likeness (QED) is 0.547. The lowest BCUT2D eigenvalue weighted by molar-refractivity contribution is -0.138. The molecule has 11 heteroatoms. The number of ketones is 1. The van der Waals surface area contributed by atoms with E-state index in [2.05, 4.69) is 20.3 Å². The minimum absolute atomic E-state index is 0.0583. The summed E-state index contributed by atoms with van der Waals surface area (Å²) in [6.07, 6.45) is -2.73. The van der Waals surface area contributed by atoms with Crippen molar-refractivity contribution in [2.24, 2.45) is 0 Å². The first-order valence-electron chi connectivity index (χ1n) is 10.3. The van der Waals surface area contributed by atoms with E-state index in [0.717, 1.165) is 12.1 Å². The zero-order valence-corrected chi connectivity index (χ0v) is 18.0. The van der Waals surface area contributed by atoms with E-state index in [0.29, 0.717) is 24.2 Å². The van der Waals surface area contributed by atoms with E-state index >= 15 is 0 Å². The molecule has 0 saturated carbocycles. The van der Waals surface area contributed by atoms with Crippen LogP contribution >= 0.6 is 0 Å². The van der Waals surface area contributed by atoms with E-state index in [1.54, 1.807) is 17.9 Å². The van der Waals surface area contributed by atoms with E-state index in [9.17, 15) is 27.9 Å². The summed E-state index contributed by atoms with van der Waals surface area (Å²) in [7, 11) is 0. The van der Waals surface area contributed by atoms with Crippen LogP contribution in [-0.4, -0.2) is 44.5 Å². The monoisotopic (exact) mass is 461 g/mol. The molecule has 3 N–H and O–H groups in total. The summed E-state index contributed by atoms with van der Waals surface area (Å²) in [4.78, 5) is 37.4. The van der Waals surface area contributed by atoms with Crippen molar-refractivity contribution in [2.75, 3.05) is 23.3 Å². The lowest BCUT2D eigenvalue weighted by Gasteiger charge is -2.36. The van der Waals surface area contributed by atoms with Crippen LogP contribution in [0.2, 0.25) is 0 Å². The van der Waals surface area contributed by atoms with Crippen molar-refractivity contribution < 1.29 is 23.1 Å². The summed E-state index contributed by atoms with van der Waals surface area (Å²) < 4.78 is 39.8. The van der Waals surface area contributed by atoms with Crippen molar-refractivity contribution in [3.05, 3.63) is 51.9 Å². The van der Waals surface area contributed by atoms with Crippen LogP contribution in [0.3, 0.4) is 0 Å². The highest BCUT2D eigenvalue weighted by Crippen LogP contribution is 2.34. The topological polar surface area (TPSA) is 111 Å². The Hall–Kier alpha value is -3.47. The van der Waals surface area contributed by atoms with Crippen LogP contribution in [0, 0.1) is 6.92 Å². The predicted octanol–water partition coefficient (Wildman–Crippen LogP) is 3.31. The van der Waals surface area contributed by atoms with Crippen molar-refractivity contribution in [3.63, 3.8) is 0 Å². The Morgan fingerprint density at radius 3 is 2.55 bits per heavy atom. The molecule has 1 aromatic carbocycles. The number of aromatic amines is 1. The third-order valence-corrected chi connectivity index (χ3v) is 5.80. The standard InChI is InChI=1S/C22H22F3N5O3/c1-12-9-14(22(23,24)25)11-15(10-12)27-18-17-16(3-6-26-19(17)32)28-20(29-18)30-7-4-21(33,5-8-30)13(2)31/h3,6,9-11,33H,4-5,7-8H2,1-2H3,(H,26,32)(H,27,28,29). The van der Waals surface area contributed by atoms with Crippen LogP contribution in [0.1, 0.15) is 30.9 Å². The highest BCUT2D eigenvalue weighted by molar-refractivity contribution is 5.91. The summed E-state index contributed by atoms with van der Waals surface area (Å²) in [5, 5.41) is 13.4. The number of nitrogens with zero attached hydrogens (tertiary/aromatic N) is 3. The molecular formula is C22H22F3N5O3. The minimum atomic E-state index is -4.53. The molecule has 8 nitrogen and oxygen atoms in total. The van der Waals surface area contributed by atoms with Crippen LogP contribution in [0.5, 0.6) is 0 Å². The molecule has 1 aliphatic rings. The number of nitrogens with one attached hydrogen (secondary N) is 2. The summed E-state index contributed by atoms with van der Waals surface area (Å²) in [5.41, 5.74) is -1.89. The fourth-order valence-electron chi connectivity index (χ4n) is 3.89. The van der Waals surface area contributed by atoms with Gasteiger partial charge in [-0.1, -0.05) is 0 Å². The molecule has 174 valence electrons. The molecule has 4 rings (SSSR count). The molecular weight excluding hydrogens is 439 g/mol. The summed E-state index contributed by atoms with van der Waals surface area (Å²) in [6.45, 7) is 3.48. The van der Waals surface area contributed by atoms with Gasteiger partial charge < -0.3 is 20.3 Å². The normalized spacial score (nSPS) is 16.1. The molecule has 0 radical (unpaired) electrons. The number of piperidine rings is 1. The van der Waals surface area contributed by atoms with Gasteiger partial charge in [-0.05, 0) is 43.7 Å². The van der Waals surface area contributed by atoms with Crippen molar-refractivity contribution in [1.82, 2.24) is 15.0 Å². The van der Waals surface area contributed by atoms with E-state index in [4.69, 9.17) is 0 Å². The molecule has 3 heterocycles. The molecule has 2 aromatic heterocycles. The number of carbonyl (C=O) groups is 1. The molecule has 0 amide bonds. The van der Waals surface area contributed by atoms with E-state index < -0.39 is 22.9 Å². The average Bonchev–Trinajstić information content (AvgIpc) is 2.73. The second-order valence-corrected chi connectivity index (χ2v) is 8.22. The third-order valence-electron chi connectivity index (χ3n) is 5.80. The molecule has 1 saturated heterocycles. The largest absolute Gasteiger partial charge is 0.416 e. The number of H-pyrrole nitrogens is 1. The maximum atomic E-state index is 13.3. The van der Waals surface area contributed by atoms with Crippen molar-refractivity contribution in [2.45, 2.75) is 38.5 Å². The van der Waals surface area contributed by atoms with Crippen molar-refractivity contribution in [1.29, 1.82) is 0 Å². The Morgan fingerprint density at radius 1 is 1.21 bits per heavy atom. The number of benzene rings is 1. The lowest BCUT2D eigenvalue weighted by Crippen LogP contribution is -2.49. The number of fused-ring (bicyclic) bond motifs is 1. The second-order valence-electron chi connectivity index (χ2n) is 8.22. The first-order valence-corrected chi connectivity index (χ1v) is 10.3. The highest BCUT2D eigenvalue weighted by Gasteiger charge is 2.37. The fraction of sp³-hybridized carbons (Fsp3) is 0.364. The maximum Gasteiger partial charge on any atom is 0.416 e. The number of pyridine rings is 1. The van der Waals surface area contributed by atoms with Crippen LogP contribution in [0.25, 0.3) is 10.9 Å². The van der Waals surface area contributed by atoms with E-state index in [1.807, 2.05) is 0 Å². The number of halogens is 3. The van der Waals surface area contributed by atoms with Gasteiger partial charge in [0.1, 0.15) is 16.8 Å². The van der Waals surface area contributed by atoms with Gasteiger partial charge in [-0.25, -0.2) is 4.98 Å². The Balaban J connectivity index is 1.75. The van der Waals surface area contributed by atoms with Gasteiger partial charge in [-0.3, -0.25) is 9.59 Å². The zero-order chi connectivity index (χ0) is 24.0. The molecule has 1 fully saturated rings. The zero-order valence-electron chi connectivity index (χ0n) is 18.0. The van der Waals surface area contributed by atoms with Gasteiger partial charge in [-0.15, -0.1) is 0 Å². The van der Waals surface area contributed by atoms with Crippen LogP contribution in [-0.2, 0) is 11.0 Å². The van der Waals surface area contributed by atoms with Crippen molar-refractivity contribution in [3.8, 4) is 0 Å². The number of aromatic nitrogens is 3. The molecule has 0 atom stereocenters. The number of alkyl halides is 3. The van der Waals surface area contributed by atoms with Crippen LogP contribution in [0.15, 0.2) is 35.3 Å². The third kappa shape index (κ3) is 4.54. The number of aryl methyl sites for hydroxylation is 1. The molecule has 1 aliphatic heterocycles. The molecule has 0 aliphatic carbocycles. The SMILES string of the molecule is CC(=O)C1(O)CCN(c2nc(Nc3cc(C)cc(C(F)(F)F)c3)c3c(=O)[nH]ccc3n2)CC1. The average molecular weight is 461 g/mol. The lowest BCUT2D eigenvalue weighted by atomic mass is 9.88. The minimum Gasteiger partial charge on any atom is -0.382 e. The van der Waals surface area contributed by atoms with Gasteiger partial charge in [0.25, 0.3) is 5.56 Å². The van der Waals surface area contributed by atoms with Gasteiger partial charge in [0.2, 0.25) is 5.95 Å². The maximum absolute atomic E-state index is 13.3. The number of carbonyl (C=O) groups excluding carboxylic acids is 1. The second kappa shape index (κ2) is 8.14. The first kappa shape index (κ1) is 22.7. The fourth-order valence-corrected chi connectivity index (χ4v) is 3.89. The Morgan fingerprint density at radius 2 is 1.91 bits per heavy atom. The Kier molecular flexibility index (Phi) is 5.61. The molecule has 33 heavy (non-hydrogen) atoms. The molecule has 0 bridgehead atoms. The number of hydrogen-bond donors (Lipinski definition) is 3. The van der Waals surface area contributed by atoms with Crippen LogP contribution in [0.4, 0.5) is 30.6 Å². The molecule has 3 aromatic rings.